The van der Waals surface area contributed by atoms with Gasteiger partial charge in [-0.05, 0) is 62.1 Å². The summed E-state index contributed by atoms with van der Waals surface area (Å²) in [4.78, 5) is 12.8. The van der Waals surface area contributed by atoms with Crippen LogP contribution in [0.25, 0.3) is 0 Å². The van der Waals surface area contributed by atoms with Crippen molar-refractivity contribution in [3.8, 4) is 6.07 Å². The molecule has 1 aliphatic rings. The number of nitrogens with zero attached hydrogens (tertiary/aromatic N) is 1. The molecule has 2 atom stereocenters. The summed E-state index contributed by atoms with van der Waals surface area (Å²) in [6.07, 6.45) is 3.92. The van der Waals surface area contributed by atoms with Crippen LogP contribution in [-0.4, -0.2) is 33.0 Å². The highest BCUT2D eigenvalue weighted by Gasteiger charge is 2.23. The molecule has 0 spiro atoms. The third kappa shape index (κ3) is 5.43. The number of hydrogen-bond acceptors (Lipinski definition) is 5. The van der Waals surface area contributed by atoms with E-state index in [0.717, 1.165) is 31.4 Å². The van der Waals surface area contributed by atoms with Crippen LogP contribution in [0, 0.1) is 11.3 Å². The van der Waals surface area contributed by atoms with Crippen LogP contribution >= 0.6 is 0 Å². The number of amides is 1. The van der Waals surface area contributed by atoms with Gasteiger partial charge in [-0.3, -0.25) is 4.79 Å². The average Bonchev–Trinajstić information content (AvgIpc) is 2.78. The molecule has 1 amide bonds. The summed E-state index contributed by atoms with van der Waals surface area (Å²) in [5.74, 6) is -0.124. The van der Waals surface area contributed by atoms with Gasteiger partial charge in [0.1, 0.15) is 6.04 Å². The lowest BCUT2D eigenvalue weighted by atomic mass is 10.0. The van der Waals surface area contributed by atoms with Gasteiger partial charge in [-0.25, -0.2) is 8.42 Å². The molecule has 0 aliphatic carbocycles. The molecule has 0 aromatic heterocycles. The smallest absolute Gasteiger partial charge is 0.238 e. The molecule has 0 unspecified atom stereocenters. The van der Waals surface area contributed by atoms with E-state index in [1.54, 1.807) is 54.6 Å². The highest BCUT2D eigenvalue weighted by atomic mass is 32.2. The summed E-state index contributed by atoms with van der Waals surface area (Å²) in [5, 5.41) is 15.3. The fraction of sp³-hybridized carbons (Fsp3) is 0.364. The first-order valence-electron chi connectivity index (χ1n) is 9.83. The van der Waals surface area contributed by atoms with Crippen LogP contribution in [0.2, 0.25) is 0 Å². The predicted octanol–water partition coefficient (Wildman–Crippen LogP) is 3.09. The van der Waals surface area contributed by atoms with E-state index < -0.39 is 15.9 Å². The third-order valence-corrected chi connectivity index (χ3v) is 6.89. The molecule has 6 nitrogen and oxygen atoms in total. The maximum absolute atomic E-state index is 12.6. The fourth-order valence-electron chi connectivity index (χ4n) is 3.40. The SMILES string of the molecule is N#C[C@H](CCc1ccc(S(=O)(=O)c2ccccc2)cc1)NC(=O)[C@@H]1CCCCN1.[HH].[HH]. The first-order chi connectivity index (χ1) is 14.0. The second-order valence-corrected chi connectivity index (χ2v) is 9.14. The standard InChI is InChI=1S/C22H25N3O3S.2H2/c23-16-18(25-22(26)21-8-4-5-15-24-21)12-9-17-10-13-20(14-11-17)29(27,28)19-6-2-1-3-7-19;;/h1-3,6-7,10-11,13-14,18,21,24H,4-5,8-9,12,15H2,(H,25,26);2*1H/t18-,21-;;/m0../s1. The molecule has 3 rings (SSSR count). The lowest BCUT2D eigenvalue weighted by Gasteiger charge is -2.23. The Morgan fingerprint density at radius 1 is 1.14 bits per heavy atom. The van der Waals surface area contributed by atoms with E-state index in [1.165, 1.54) is 0 Å². The molecule has 29 heavy (non-hydrogen) atoms. The molecule has 1 fully saturated rings. The molecule has 2 aromatic rings. The number of sulfone groups is 1. The maximum atomic E-state index is 12.6. The van der Waals surface area contributed by atoms with Crippen LogP contribution in [-0.2, 0) is 21.1 Å². The van der Waals surface area contributed by atoms with E-state index in [9.17, 15) is 18.5 Å². The van der Waals surface area contributed by atoms with E-state index in [-0.39, 0.29) is 24.6 Å². The Morgan fingerprint density at radius 3 is 2.45 bits per heavy atom. The monoisotopic (exact) mass is 415 g/mol. The van der Waals surface area contributed by atoms with Crippen LogP contribution in [0.1, 0.15) is 34.1 Å². The zero-order valence-corrected chi connectivity index (χ0v) is 17.0. The Kier molecular flexibility index (Phi) is 7.02. The summed E-state index contributed by atoms with van der Waals surface area (Å²) in [7, 11) is -3.54. The largest absolute Gasteiger partial charge is 0.339 e. The molecular weight excluding hydrogens is 386 g/mol. The van der Waals surface area contributed by atoms with Crippen molar-refractivity contribution in [3.63, 3.8) is 0 Å². The molecule has 2 N–H and O–H groups in total. The molecule has 2 aromatic carbocycles. The van der Waals surface area contributed by atoms with Gasteiger partial charge in [0.2, 0.25) is 15.7 Å². The number of hydrogen-bond donors (Lipinski definition) is 2. The minimum Gasteiger partial charge on any atom is -0.339 e. The van der Waals surface area contributed by atoms with Gasteiger partial charge in [0.25, 0.3) is 0 Å². The van der Waals surface area contributed by atoms with Crippen molar-refractivity contribution in [2.45, 2.75) is 54.0 Å². The predicted molar refractivity (Wildman–Crippen MR) is 114 cm³/mol. The highest BCUT2D eigenvalue weighted by molar-refractivity contribution is 7.91. The van der Waals surface area contributed by atoms with Crippen molar-refractivity contribution in [1.29, 1.82) is 5.26 Å². The second-order valence-electron chi connectivity index (χ2n) is 7.19. The Labute approximate surface area is 174 Å². The Bertz CT molecular complexity index is 971. The third-order valence-electron chi connectivity index (χ3n) is 5.11. The van der Waals surface area contributed by atoms with Crippen LogP contribution in [0.5, 0.6) is 0 Å². The van der Waals surface area contributed by atoms with Crippen LogP contribution in [0.4, 0.5) is 0 Å². The number of carbonyl (C=O) groups is 1. The Morgan fingerprint density at radius 2 is 1.83 bits per heavy atom. The molecule has 1 saturated heterocycles. The quantitative estimate of drug-likeness (QED) is 0.724. The Hall–Kier alpha value is -2.69. The van der Waals surface area contributed by atoms with Crippen LogP contribution in [0.15, 0.2) is 64.4 Å². The van der Waals surface area contributed by atoms with Gasteiger partial charge in [-0.15, -0.1) is 0 Å². The zero-order chi connectivity index (χ0) is 20.7. The summed E-state index contributed by atoms with van der Waals surface area (Å²) in [6.45, 7) is 0.827. The maximum Gasteiger partial charge on any atom is 0.238 e. The lowest BCUT2D eigenvalue weighted by molar-refractivity contribution is -0.124. The van der Waals surface area contributed by atoms with Crippen molar-refractivity contribution in [2.75, 3.05) is 6.54 Å². The molecule has 1 aliphatic heterocycles. The summed E-state index contributed by atoms with van der Waals surface area (Å²) in [5.41, 5.74) is 0.919. The van der Waals surface area contributed by atoms with Gasteiger partial charge in [0.15, 0.2) is 0 Å². The summed E-state index contributed by atoms with van der Waals surface area (Å²) < 4.78 is 25.3. The number of aryl methyl sites for hydroxylation is 1. The molecule has 0 saturated carbocycles. The highest BCUT2D eigenvalue weighted by Crippen LogP contribution is 2.21. The van der Waals surface area contributed by atoms with Crippen LogP contribution in [0.3, 0.4) is 0 Å². The normalized spacial score (nSPS) is 17.8. The zero-order valence-electron chi connectivity index (χ0n) is 16.2. The Balaban J connectivity index is 0.00000240. The van der Waals surface area contributed by atoms with Crippen molar-refractivity contribution in [2.24, 2.45) is 0 Å². The molecule has 0 bridgehead atoms. The van der Waals surface area contributed by atoms with E-state index in [2.05, 4.69) is 16.7 Å². The van der Waals surface area contributed by atoms with E-state index in [4.69, 9.17) is 0 Å². The summed E-state index contributed by atoms with van der Waals surface area (Å²) >= 11 is 0. The minimum absolute atomic E-state index is 0. The first kappa shape index (κ1) is 21.0. The van der Waals surface area contributed by atoms with Gasteiger partial charge in [0, 0.05) is 2.85 Å². The van der Waals surface area contributed by atoms with Gasteiger partial charge < -0.3 is 10.6 Å². The van der Waals surface area contributed by atoms with Crippen molar-refractivity contribution in [3.05, 3.63) is 60.2 Å². The van der Waals surface area contributed by atoms with Gasteiger partial charge in [0.05, 0.1) is 21.9 Å². The molecule has 156 valence electrons. The van der Waals surface area contributed by atoms with Crippen molar-refractivity contribution >= 4 is 15.7 Å². The second kappa shape index (κ2) is 9.68. The summed E-state index contributed by atoms with van der Waals surface area (Å²) in [6, 6.07) is 16.4. The topological polar surface area (TPSA) is 99.1 Å². The van der Waals surface area contributed by atoms with E-state index >= 15 is 0 Å². The first-order valence-corrected chi connectivity index (χ1v) is 11.3. The van der Waals surface area contributed by atoms with Crippen molar-refractivity contribution < 1.29 is 16.1 Å². The molecule has 7 heteroatoms. The number of nitrogens with one attached hydrogen (secondary N) is 2. The van der Waals surface area contributed by atoms with E-state index in [1.807, 2.05) is 0 Å². The number of carbonyl (C=O) groups excluding carboxylic acids is 1. The molecular formula is C22H29N3O3S. The molecule has 0 radical (unpaired) electrons. The van der Waals surface area contributed by atoms with Crippen molar-refractivity contribution in [1.82, 2.24) is 10.6 Å². The average molecular weight is 416 g/mol. The number of rotatable bonds is 7. The number of benzene rings is 2. The minimum atomic E-state index is -3.54. The fourth-order valence-corrected chi connectivity index (χ4v) is 4.68. The number of piperidine rings is 1. The van der Waals surface area contributed by atoms with Gasteiger partial charge in [-0.2, -0.15) is 5.26 Å². The lowest BCUT2D eigenvalue weighted by Crippen LogP contribution is -2.49. The van der Waals surface area contributed by atoms with E-state index in [0.29, 0.717) is 12.8 Å². The number of nitriles is 1. The van der Waals surface area contributed by atoms with Gasteiger partial charge in [-0.1, -0.05) is 36.8 Å². The van der Waals surface area contributed by atoms with Gasteiger partial charge >= 0.3 is 0 Å². The molecule has 1 heterocycles. The van der Waals surface area contributed by atoms with Crippen LogP contribution < -0.4 is 10.6 Å².